The first-order chi connectivity index (χ1) is 14.6. The number of aromatic nitrogens is 2. The molecule has 1 fully saturated rings. The van der Waals surface area contributed by atoms with Gasteiger partial charge in [-0.25, -0.2) is 4.68 Å². The predicted molar refractivity (Wildman–Crippen MR) is 118 cm³/mol. The van der Waals surface area contributed by atoms with E-state index >= 15 is 0 Å². The molecule has 0 saturated carbocycles. The van der Waals surface area contributed by atoms with Gasteiger partial charge in [-0.05, 0) is 67.3 Å². The lowest BCUT2D eigenvalue weighted by Gasteiger charge is -2.21. The fourth-order valence-corrected chi connectivity index (χ4v) is 4.94. The Bertz CT molecular complexity index is 1040. The molecule has 1 atom stereocenters. The summed E-state index contributed by atoms with van der Waals surface area (Å²) in [5, 5.41) is 7.40. The average Bonchev–Trinajstić information content (AvgIpc) is 3.21. The number of aryl methyl sites for hydroxylation is 1. The topological polar surface area (TPSA) is 73.2 Å². The summed E-state index contributed by atoms with van der Waals surface area (Å²) in [5.41, 5.74) is 4.21. The van der Waals surface area contributed by atoms with E-state index in [-0.39, 0.29) is 11.2 Å². The zero-order valence-corrected chi connectivity index (χ0v) is 17.7. The molecule has 0 spiro atoms. The van der Waals surface area contributed by atoms with Crippen molar-refractivity contribution in [1.82, 2.24) is 9.78 Å². The molecule has 1 aliphatic heterocycles. The van der Waals surface area contributed by atoms with E-state index in [1.54, 1.807) is 23.0 Å². The molecular weight excluding hydrogens is 398 g/mol. The monoisotopic (exact) mass is 423 g/mol. The van der Waals surface area contributed by atoms with Crippen molar-refractivity contribution in [2.24, 2.45) is 0 Å². The molecule has 30 heavy (non-hydrogen) atoms. The number of hydrogen-bond donors (Lipinski definition) is 1. The summed E-state index contributed by atoms with van der Waals surface area (Å²) in [5.74, 6) is 0.313. The third kappa shape index (κ3) is 5.04. The summed E-state index contributed by atoms with van der Waals surface area (Å²) >= 11 is 0. The smallest absolute Gasteiger partial charge is 0.255 e. The number of nitrogens with zero attached hydrogens (tertiary/aromatic N) is 2. The van der Waals surface area contributed by atoms with Crippen LogP contribution >= 0.6 is 0 Å². The van der Waals surface area contributed by atoms with Crippen LogP contribution in [-0.4, -0.2) is 38.4 Å². The summed E-state index contributed by atoms with van der Waals surface area (Å²) in [6, 6.07) is 14.9. The Hall–Kier alpha value is -2.77. The van der Waals surface area contributed by atoms with Crippen molar-refractivity contribution in [2.45, 2.75) is 30.8 Å². The first-order valence-electron chi connectivity index (χ1n) is 10.1. The summed E-state index contributed by atoms with van der Waals surface area (Å²) in [7, 11) is -0.935. The van der Waals surface area contributed by atoms with E-state index < -0.39 is 10.8 Å². The molecule has 0 aliphatic carbocycles. The van der Waals surface area contributed by atoms with Crippen molar-refractivity contribution >= 4 is 22.4 Å². The van der Waals surface area contributed by atoms with Gasteiger partial charge in [-0.3, -0.25) is 9.00 Å². The number of carbonyl (C=O) groups excluding carboxylic acids is 1. The lowest BCUT2D eigenvalue weighted by molar-refractivity contribution is 0.0991. The van der Waals surface area contributed by atoms with Crippen LogP contribution < -0.4 is 5.32 Å². The lowest BCUT2D eigenvalue weighted by atomic mass is 10.1. The van der Waals surface area contributed by atoms with Gasteiger partial charge in [0.15, 0.2) is 0 Å². The Balaban J connectivity index is 1.39. The van der Waals surface area contributed by atoms with Crippen LogP contribution in [0.15, 0.2) is 60.9 Å². The van der Waals surface area contributed by atoms with E-state index in [0.29, 0.717) is 30.2 Å². The van der Waals surface area contributed by atoms with E-state index in [9.17, 15) is 9.00 Å². The van der Waals surface area contributed by atoms with Crippen LogP contribution in [-0.2, 0) is 21.3 Å². The fourth-order valence-electron chi connectivity index (χ4n) is 3.48. The van der Waals surface area contributed by atoms with Crippen LogP contribution in [0, 0.1) is 6.92 Å². The first-order valence-corrected chi connectivity index (χ1v) is 11.4. The normalized spacial score (nSPS) is 15.6. The third-order valence-electron chi connectivity index (χ3n) is 5.14. The molecule has 7 heteroatoms. The zero-order chi connectivity index (χ0) is 20.9. The van der Waals surface area contributed by atoms with Gasteiger partial charge in [0.2, 0.25) is 0 Å². The molecule has 1 amide bonds. The van der Waals surface area contributed by atoms with E-state index in [2.05, 4.69) is 10.4 Å². The molecule has 2 aromatic carbocycles. The molecule has 1 aromatic heterocycles. The van der Waals surface area contributed by atoms with Gasteiger partial charge >= 0.3 is 0 Å². The molecule has 0 radical (unpaired) electrons. The maximum atomic E-state index is 12.6. The number of benzene rings is 2. The number of carbonyl (C=O) groups is 1. The van der Waals surface area contributed by atoms with E-state index in [4.69, 9.17) is 4.74 Å². The predicted octanol–water partition coefficient (Wildman–Crippen LogP) is 3.86. The Morgan fingerprint density at radius 2 is 1.97 bits per heavy atom. The highest BCUT2D eigenvalue weighted by Gasteiger charge is 2.20. The average molecular weight is 424 g/mol. The molecule has 2 heterocycles. The van der Waals surface area contributed by atoms with Crippen molar-refractivity contribution in [1.29, 1.82) is 0 Å². The van der Waals surface area contributed by atoms with Crippen molar-refractivity contribution in [2.75, 3.05) is 18.5 Å². The second-order valence-electron chi connectivity index (χ2n) is 7.50. The number of anilines is 1. The Labute approximate surface area is 178 Å². The third-order valence-corrected chi connectivity index (χ3v) is 6.97. The molecule has 0 bridgehead atoms. The van der Waals surface area contributed by atoms with Gasteiger partial charge < -0.3 is 10.1 Å². The highest BCUT2D eigenvalue weighted by atomic mass is 32.2. The number of hydrogen-bond acceptors (Lipinski definition) is 4. The highest BCUT2D eigenvalue weighted by molar-refractivity contribution is 7.84. The zero-order valence-electron chi connectivity index (χ0n) is 16.9. The van der Waals surface area contributed by atoms with Crippen molar-refractivity contribution in [3.63, 3.8) is 0 Å². The summed E-state index contributed by atoms with van der Waals surface area (Å²) in [4.78, 5) is 12.6. The minimum Gasteiger partial charge on any atom is -0.381 e. The largest absolute Gasteiger partial charge is 0.381 e. The maximum absolute atomic E-state index is 12.6. The molecule has 3 aromatic rings. The van der Waals surface area contributed by atoms with E-state index in [1.165, 1.54) is 0 Å². The van der Waals surface area contributed by atoms with Gasteiger partial charge in [-0.15, -0.1) is 0 Å². The SMILES string of the molecule is Cc1cnn(-c2ccc(C(=O)Nc3cccc(CS(=O)C4CCOCC4)c3)cc2)c1. The van der Waals surface area contributed by atoms with Crippen molar-refractivity contribution in [3.05, 3.63) is 77.6 Å². The number of amides is 1. The number of ether oxygens (including phenoxy) is 1. The lowest BCUT2D eigenvalue weighted by Crippen LogP contribution is -2.25. The summed E-state index contributed by atoms with van der Waals surface area (Å²) in [6.45, 7) is 3.36. The Morgan fingerprint density at radius 3 is 2.67 bits per heavy atom. The Kier molecular flexibility index (Phi) is 6.40. The Morgan fingerprint density at radius 1 is 1.20 bits per heavy atom. The minimum absolute atomic E-state index is 0.180. The molecule has 1 unspecified atom stereocenters. The second-order valence-corrected chi connectivity index (χ2v) is 9.22. The quantitative estimate of drug-likeness (QED) is 0.653. The molecular formula is C23H25N3O3S. The van der Waals surface area contributed by atoms with Gasteiger partial charge in [0.25, 0.3) is 5.91 Å². The molecule has 1 N–H and O–H groups in total. The van der Waals surface area contributed by atoms with Crippen LogP contribution in [0.5, 0.6) is 0 Å². The van der Waals surface area contributed by atoms with Crippen LogP contribution in [0.1, 0.15) is 34.3 Å². The van der Waals surface area contributed by atoms with Gasteiger partial charge in [-0.1, -0.05) is 12.1 Å². The van der Waals surface area contributed by atoms with Gasteiger partial charge in [0.1, 0.15) is 0 Å². The number of nitrogens with one attached hydrogen (secondary N) is 1. The molecule has 1 saturated heterocycles. The molecule has 6 nitrogen and oxygen atoms in total. The minimum atomic E-state index is -0.935. The van der Waals surface area contributed by atoms with Crippen LogP contribution in [0.25, 0.3) is 5.69 Å². The molecule has 1 aliphatic rings. The van der Waals surface area contributed by atoms with Crippen LogP contribution in [0.2, 0.25) is 0 Å². The summed E-state index contributed by atoms with van der Waals surface area (Å²) < 4.78 is 19.8. The van der Waals surface area contributed by atoms with Gasteiger partial charge in [0, 0.05) is 52.5 Å². The van der Waals surface area contributed by atoms with E-state index in [1.807, 2.05) is 49.5 Å². The van der Waals surface area contributed by atoms with Crippen LogP contribution in [0.4, 0.5) is 5.69 Å². The van der Waals surface area contributed by atoms with Crippen LogP contribution in [0.3, 0.4) is 0 Å². The summed E-state index contributed by atoms with van der Waals surface area (Å²) in [6.07, 6.45) is 5.42. The fraction of sp³-hybridized carbons (Fsp3) is 0.304. The van der Waals surface area contributed by atoms with Crippen molar-refractivity contribution in [3.8, 4) is 5.69 Å². The standard InChI is InChI=1S/C23H25N3O3S/c1-17-14-24-26(15-17)21-7-5-19(6-8-21)23(27)25-20-4-2-3-18(13-20)16-30(28)22-9-11-29-12-10-22/h2-8,13-15,22H,9-12,16H2,1H3,(H,25,27). The second kappa shape index (κ2) is 9.36. The first kappa shape index (κ1) is 20.5. The number of rotatable bonds is 6. The van der Waals surface area contributed by atoms with Gasteiger partial charge in [0.05, 0.1) is 11.9 Å². The molecule has 4 rings (SSSR count). The van der Waals surface area contributed by atoms with Gasteiger partial charge in [-0.2, -0.15) is 5.10 Å². The molecule has 156 valence electrons. The maximum Gasteiger partial charge on any atom is 0.255 e. The van der Waals surface area contributed by atoms with Crippen molar-refractivity contribution < 1.29 is 13.7 Å². The highest BCUT2D eigenvalue weighted by Crippen LogP contribution is 2.19. The van der Waals surface area contributed by atoms with E-state index in [0.717, 1.165) is 29.7 Å².